The Kier molecular flexibility index (Phi) is 3.41. The van der Waals surface area contributed by atoms with E-state index in [4.69, 9.17) is 9.78 Å². The molecular formula is C20H30O5. The quantitative estimate of drug-likeness (QED) is 0.588. The van der Waals surface area contributed by atoms with Crippen molar-refractivity contribution in [1.82, 2.24) is 0 Å². The van der Waals surface area contributed by atoms with Crippen molar-refractivity contribution < 1.29 is 24.8 Å². The molecule has 5 rings (SSSR count). The summed E-state index contributed by atoms with van der Waals surface area (Å²) in [6, 6.07) is 0. The van der Waals surface area contributed by atoms with Crippen molar-refractivity contribution in [3.05, 3.63) is 11.6 Å². The van der Waals surface area contributed by atoms with Gasteiger partial charge in [-0.25, -0.2) is 9.78 Å². The lowest BCUT2D eigenvalue weighted by Crippen LogP contribution is -2.70. The Morgan fingerprint density at radius 1 is 1.20 bits per heavy atom. The van der Waals surface area contributed by atoms with Gasteiger partial charge in [0.25, 0.3) is 0 Å². The molecule has 5 heteroatoms. The van der Waals surface area contributed by atoms with Crippen LogP contribution in [0.1, 0.15) is 72.6 Å². The Morgan fingerprint density at radius 3 is 2.48 bits per heavy atom. The third-order valence-electron chi connectivity index (χ3n) is 8.19. The highest BCUT2D eigenvalue weighted by Crippen LogP contribution is 2.68. The fourth-order valence-corrected chi connectivity index (χ4v) is 6.46. The van der Waals surface area contributed by atoms with E-state index >= 15 is 0 Å². The number of aliphatic carboxylic acids is 1. The van der Waals surface area contributed by atoms with Gasteiger partial charge >= 0.3 is 5.97 Å². The SMILES string of the molecule is CC1(C(=O)O)CCCC2(C)C1CCC1=CC3(C(C)(C)O)CCC12OO3. The minimum Gasteiger partial charge on any atom is -0.481 e. The van der Waals surface area contributed by atoms with Crippen LogP contribution in [0.3, 0.4) is 0 Å². The van der Waals surface area contributed by atoms with Gasteiger partial charge in [-0.1, -0.05) is 13.3 Å². The van der Waals surface area contributed by atoms with Crippen LogP contribution in [-0.2, 0) is 14.6 Å². The molecule has 140 valence electrons. The molecule has 0 aromatic carbocycles. The Labute approximate surface area is 149 Å². The van der Waals surface area contributed by atoms with Crippen molar-refractivity contribution in [3.8, 4) is 0 Å². The summed E-state index contributed by atoms with van der Waals surface area (Å²) in [5, 5.41) is 20.6. The lowest BCUT2D eigenvalue weighted by molar-refractivity contribution is -0.476. The summed E-state index contributed by atoms with van der Waals surface area (Å²) in [4.78, 5) is 24.1. The molecule has 3 aliphatic carbocycles. The largest absolute Gasteiger partial charge is 0.481 e. The molecule has 5 nitrogen and oxygen atoms in total. The van der Waals surface area contributed by atoms with E-state index < -0.39 is 28.2 Å². The molecule has 1 spiro atoms. The normalized spacial score (nSPS) is 49.2. The maximum Gasteiger partial charge on any atom is 0.309 e. The highest BCUT2D eigenvalue weighted by molar-refractivity contribution is 5.75. The summed E-state index contributed by atoms with van der Waals surface area (Å²) < 4.78 is 0. The van der Waals surface area contributed by atoms with E-state index in [9.17, 15) is 15.0 Å². The molecular weight excluding hydrogens is 320 g/mol. The zero-order chi connectivity index (χ0) is 18.3. The third kappa shape index (κ3) is 1.92. The fourth-order valence-electron chi connectivity index (χ4n) is 6.46. The van der Waals surface area contributed by atoms with E-state index in [-0.39, 0.29) is 11.3 Å². The number of fused-ring (bicyclic) bond motifs is 3. The van der Waals surface area contributed by atoms with Crippen LogP contribution in [0.4, 0.5) is 0 Å². The summed E-state index contributed by atoms with van der Waals surface area (Å²) >= 11 is 0. The van der Waals surface area contributed by atoms with Crippen molar-refractivity contribution in [1.29, 1.82) is 0 Å². The van der Waals surface area contributed by atoms with E-state index in [1.165, 1.54) is 5.57 Å². The summed E-state index contributed by atoms with van der Waals surface area (Å²) in [6.07, 6.45) is 7.85. The number of hydrogen-bond acceptors (Lipinski definition) is 4. The minimum absolute atomic E-state index is 0.0692. The number of rotatable bonds is 2. The van der Waals surface area contributed by atoms with Gasteiger partial charge in [0.05, 0.1) is 11.0 Å². The third-order valence-corrected chi connectivity index (χ3v) is 8.19. The van der Waals surface area contributed by atoms with Crippen LogP contribution >= 0.6 is 0 Å². The maximum atomic E-state index is 12.1. The molecule has 0 aromatic heterocycles. The van der Waals surface area contributed by atoms with Gasteiger partial charge in [-0.15, -0.1) is 0 Å². The van der Waals surface area contributed by atoms with Gasteiger partial charge in [0, 0.05) is 5.41 Å². The first-order valence-corrected chi connectivity index (χ1v) is 9.56. The molecule has 2 saturated carbocycles. The Hall–Kier alpha value is -0.910. The molecule has 2 heterocycles. The van der Waals surface area contributed by atoms with Crippen LogP contribution in [0.25, 0.3) is 0 Å². The first-order chi connectivity index (χ1) is 11.5. The molecule has 0 amide bonds. The summed E-state index contributed by atoms with van der Waals surface area (Å²) in [7, 11) is 0. The van der Waals surface area contributed by atoms with Crippen LogP contribution in [-0.4, -0.2) is 33.0 Å². The molecule has 0 radical (unpaired) electrons. The number of hydrogen-bond donors (Lipinski definition) is 2. The van der Waals surface area contributed by atoms with E-state index in [2.05, 4.69) is 13.0 Å². The maximum absolute atomic E-state index is 12.1. The standard InChI is InChI=1S/C20H30O5/c1-16(2,23)19-10-11-20(25-24-19)13(12-19)6-7-14-17(3,15(21)22)8-5-9-18(14,20)4/h12,14,23H,5-11H2,1-4H3,(H,21,22). The average molecular weight is 350 g/mol. The van der Waals surface area contributed by atoms with Crippen molar-refractivity contribution >= 4 is 5.97 Å². The molecule has 0 aromatic rings. The molecule has 2 N–H and O–H groups in total. The Bertz CT molecular complexity index is 637. The van der Waals surface area contributed by atoms with Gasteiger partial charge in [0.1, 0.15) is 11.2 Å². The molecule has 5 aliphatic rings. The van der Waals surface area contributed by atoms with Crippen molar-refractivity contribution in [2.45, 2.75) is 89.4 Å². The smallest absolute Gasteiger partial charge is 0.309 e. The van der Waals surface area contributed by atoms with Crippen molar-refractivity contribution in [2.75, 3.05) is 0 Å². The summed E-state index contributed by atoms with van der Waals surface area (Å²) in [6.45, 7) is 7.65. The molecule has 2 aliphatic heterocycles. The molecule has 25 heavy (non-hydrogen) atoms. The second kappa shape index (κ2) is 4.87. The van der Waals surface area contributed by atoms with Crippen LogP contribution in [0.2, 0.25) is 0 Å². The van der Waals surface area contributed by atoms with E-state index in [0.717, 1.165) is 38.5 Å². The predicted octanol–water partition coefficient (Wildman–Crippen LogP) is 3.61. The lowest BCUT2D eigenvalue weighted by Gasteiger charge is -2.66. The zero-order valence-corrected chi connectivity index (χ0v) is 15.7. The first kappa shape index (κ1) is 17.5. The monoisotopic (exact) mass is 350 g/mol. The Balaban J connectivity index is 1.81. The van der Waals surface area contributed by atoms with Crippen LogP contribution in [0.5, 0.6) is 0 Å². The lowest BCUT2D eigenvalue weighted by atomic mass is 9.43. The topological polar surface area (TPSA) is 76.0 Å². The second-order valence-corrected chi connectivity index (χ2v) is 9.70. The number of carbonyl (C=O) groups is 1. The highest BCUT2D eigenvalue weighted by atomic mass is 17.2. The predicted molar refractivity (Wildman–Crippen MR) is 91.7 cm³/mol. The van der Waals surface area contributed by atoms with Gasteiger partial charge in [0.15, 0.2) is 0 Å². The first-order valence-electron chi connectivity index (χ1n) is 9.56. The summed E-state index contributed by atoms with van der Waals surface area (Å²) in [5.74, 6) is -0.620. The molecule has 3 fully saturated rings. The zero-order valence-electron chi connectivity index (χ0n) is 15.7. The van der Waals surface area contributed by atoms with Gasteiger partial charge < -0.3 is 10.2 Å². The van der Waals surface area contributed by atoms with E-state index in [1.807, 2.05) is 6.92 Å². The Morgan fingerprint density at radius 2 is 1.92 bits per heavy atom. The average Bonchev–Trinajstić information content (AvgIpc) is 2.54. The molecule has 1 saturated heterocycles. The van der Waals surface area contributed by atoms with Crippen molar-refractivity contribution in [3.63, 3.8) is 0 Å². The molecule has 5 atom stereocenters. The van der Waals surface area contributed by atoms with Gasteiger partial charge in [-0.3, -0.25) is 4.79 Å². The van der Waals surface area contributed by atoms with Gasteiger partial charge in [-0.2, -0.15) is 0 Å². The van der Waals surface area contributed by atoms with Gasteiger partial charge in [0.2, 0.25) is 0 Å². The number of carboxylic acids is 1. The highest BCUT2D eigenvalue weighted by Gasteiger charge is 2.70. The van der Waals surface area contributed by atoms with E-state index in [0.29, 0.717) is 6.42 Å². The second-order valence-electron chi connectivity index (χ2n) is 9.70. The van der Waals surface area contributed by atoms with Crippen LogP contribution in [0.15, 0.2) is 11.6 Å². The van der Waals surface area contributed by atoms with E-state index in [1.54, 1.807) is 13.8 Å². The van der Waals surface area contributed by atoms with Crippen LogP contribution in [0, 0.1) is 16.7 Å². The summed E-state index contributed by atoms with van der Waals surface area (Å²) in [5.41, 5.74) is -2.11. The van der Waals surface area contributed by atoms with Gasteiger partial charge in [-0.05, 0) is 76.9 Å². The van der Waals surface area contributed by atoms with Crippen LogP contribution < -0.4 is 0 Å². The molecule has 5 unspecified atom stereocenters. The van der Waals surface area contributed by atoms with Crippen molar-refractivity contribution in [2.24, 2.45) is 16.7 Å². The molecule has 2 bridgehead atoms. The fraction of sp³-hybridized carbons (Fsp3) is 0.850. The number of carboxylic acid groups (broad SMARTS) is 1. The minimum atomic E-state index is -1.02. The number of aliphatic hydroxyl groups is 1.